The van der Waals surface area contributed by atoms with Crippen molar-refractivity contribution in [2.24, 2.45) is 5.92 Å². The number of aromatic nitrogens is 2. The Morgan fingerprint density at radius 1 is 1.04 bits per heavy atom. The zero-order valence-electron chi connectivity index (χ0n) is 28.3. The molecule has 4 amide bonds. The molecule has 4 bridgehead atoms. The summed E-state index contributed by atoms with van der Waals surface area (Å²) in [5, 5.41) is 11.3. The van der Waals surface area contributed by atoms with Crippen molar-refractivity contribution < 1.29 is 23.6 Å². The quantitative estimate of drug-likeness (QED) is 0.352. The third-order valence-electron chi connectivity index (χ3n) is 9.10. The van der Waals surface area contributed by atoms with Gasteiger partial charge < -0.3 is 25.3 Å². The van der Waals surface area contributed by atoms with E-state index in [0.717, 1.165) is 18.4 Å². The van der Waals surface area contributed by atoms with Crippen LogP contribution in [0.5, 0.6) is 0 Å². The molecule has 3 heterocycles. The molecule has 1 aromatic carbocycles. The van der Waals surface area contributed by atoms with Gasteiger partial charge in [-0.1, -0.05) is 57.0 Å². The third-order valence-corrected chi connectivity index (χ3v) is 10.0. The molecule has 2 aliphatic rings. The molecule has 1 aliphatic heterocycles. The van der Waals surface area contributed by atoms with Crippen LogP contribution in [0.4, 0.5) is 0 Å². The summed E-state index contributed by atoms with van der Waals surface area (Å²) in [6.45, 7) is 6.80. The molecular formula is C35H47N7O5S. The Labute approximate surface area is 286 Å². The largest absolute Gasteiger partial charge is 0.443 e. The van der Waals surface area contributed by atoms with Crippen molar-refractivity contribution >= 4 is 35.0 Å². The first kappa shape index (κ1) is 35.2. The number of oxazole rings is 1. The smallest absolute Gasteiger partial charge is 0.274 e. The number of hydrogen-bond acceptors (Lipinski definition) is 9. The number of aryl methyl sites for hydroxylation is 1. The maximum Gasteiger partial charge on any atom is 0.274 e. The summed E-state index contributed by atoms with van der Waals surface area (Å²) in [5.41, 5.74) is 1.36. The molecule has 13 heteroatoms. The SMILES string of the molecule is Cc1oc2nc1C(=O)N[C@@H](C(C)C)c1nc(cs1)C(=O)NCCN(C(=O)CN(C)C1CCCC1)CCCC(=O)N[C@H]2Cc1ccccc1. The van der Waals surface area contributed by atoms with E-state index in [9.17, 15) is 19.2 Å². The second-order valence-electron chi connectivity index (χ2n) is 13.1. The predicted octanol–water partition coefficient (Wildman–Crippen LogP) is 4.19. The first-order chi connectivity index (χ1) is 23.1. The lowest BCUT2D eigenvalue weighted by atomic mass is 10.0. The second kappa shape index (κ2) is 16.3. The summed E-state index contributed by atoms with van der Waals surface area (Å²) in [4.78, 5) is 66.5. The third kappa shape index (κ3) is 9.07. The summed E-state index contributed by atoms with van der Waals surface area (Å²) in [5.74, 6) is -0.481. The molecule has 258 valence electrons. The van der Waals surface area contributed by atoms with Crippen molar-refractivity contribution in [1.82, 2.24) is 35.7 Å². The van der Waals surface area contributed by atoms with E-state index in [1.165, 1.54) is 24.2 Å². The average Bonchev–Trinajstić information content (AvgIpc) is 3.84. The molecule has 1 fully saturated rings. The fourth-order valence-corrected chi connectivity index (χ4v) is 7.35. The number of benzene rings is 1. The number of carbonyl (C=O) groups excluding carboxylic acids is 4. The molecule has 0 unspecified atom stereocenters. The van der Waals surface area contributed by atoms with Crippen molar-refractivity contribution in [2.75, 3.05) is 33.2 Å². The van der Waals surface area contributed by atoms with Gasteiger partial charge in [0.1, 0.15) is 22.5 Å². The fourth-order valence-electron chi connectivity index (χ4n) is 6.33. The summed E-state index contributed by atoms with van der Waals surface area (Å²) in [7, 11) is 1.99. The Bertz CT molecular complexity index is 1570. The van der Waals surface area contributed by atoms with E-state index >= 15 is 0 Å². The number of thiazole rings is 1. The first-order valence-electron chi connectivity index (χ1n) is 16.9. The molecule has 1 saturated carbocycles. The molecule has 3 aromatic rings. The van der Waals surface area contributed by atoms with E-state index in [4.69, 9.17) is 4.42 Å². The molecule has 3 N–H and O–H groups in total. The van der Waals surface area contributed by atoms with Gasteiger partial charge in [0.05, 0.1) is 12.6 Å². The normalized spacial score (nSPS) is 20.5. The Morgan fingerprint density at radius 3 is 2.52 bits per heavy atom. The molecule has 2 atom stereocenters. The molecule has 2 aromatic heterocycles. The zero-order valence-corrected chi connectivity index (χ0v) is 29.1. The Balaban J connectivity index is 1.40. The highest BCUT2D eigenvalue weighted by Crippen LogP contribution is 2.27. The van der Waals surface area contributed by atoms with Crippen LogP contribution in [0.25, 0.3) is 0 Å². The lowest BCUT2D eigenvalue weighted by molar-refractivity contribution is -0.133. The van der Waals surface area contributed by atoms with Gasteiger partial charge in [0.25, 0.3) is 11.8 Å². The highest BCUT2D eigenvalue weighted by atomic mass is 32.1. The molecule has 12 nitrogen and oxygen atoms in total. The van der Waals surface area contributed by atoms with Gasteiger partial charge in [-0.15, -0.1) is 11.3 Å². The number of nitrogens with one attached hydrogen (secondary N) is 3. The van der Waals surface area contributed by atoms with Crippen LogP contribution in [0.2, 0.25) is 0 Å². The number of carbonyl (C=O) groups is 4. The van der Waals surface area contributed by atoms with Crippen LogP contribution in [0.1, 0.15) is 108 Å². The maximum absolute atomic E-state index is 13.5. The van der Waals surface area contributed by atoms with Gasteiger partial charge in [-0.25, -0.2) is 9.97 Å². The van der Waals surface area contributed by atoms with Crippen LogP contribution in [0, 0.1) is 12.8 Å². The zero-order chi connectivity index (χ0) is 34.2. The molecule has 5 rings (SSSR count). The topological polar surface area (TPSA) is 150 Å². The van der Waals surface area contributed by atoms with Gasteiger partial charge in [0.15, 0.2) is 5.69 Å². The number of amides is 4. The van der Waals surface area contributed by atoms with Crippen LogP contribution in [0.15, 0.2) is 40.1 Å². The number of nitrogens with zero attached hydrogens (tertiary/aromatic N) is 4. The Kier molecular flexibility index (Phi) is 12.0. The van der Waals surface area contributed by atoms with Crippen LogP contribution in [0.3, 0.4) is 0 Å². The van der Waals surface area contributed by atoms with Gasteiger partial charge in [-0.05, 0) is 44.7 Å². The predicted molar refractivity (Wildman–Crippen MR) is 182 cm³/mol. The van der Waals surface area contributed by atoms with Gasteiger partial charge in [-0.3, -0.25) is 24.1 Å². The molecule has 1 aliphatic carbocycles. The fraction of sp³-hybridized carbons (Fsp3) is 0.543. The van der Waals surface area contributed by atoms with Gasteiger partial charge in [-0.2, -0.15) is 0 Å². The van der Waals surface area contributed by atoms with E-state index in [2.05, 4.69) is 30.8 Å². The lowest BCUT2D eigenvalue weighted by Gasteiger charge is -2.28. The number of fused-ring (bicyclic) bond motifs is 4. The maximum atomic E-state index is 13.5. The lowest BCUT2D eigenvalue weighted by Crippen LogP contribution is -2.45. The minimum Gasteiger partial charge on any atom is -0.443 e. The highest BCUT2D eigenvalue weighted by Gasteiger charge is 2.29. The molecule has 48 heavy (non-hydrogen) atoms. The number of hydrogen-bond donors (Lipinski definition) is 3. The van der Waals surface area contributed by atoms with E-state index in [-0.39, 0.29) is 60.4 Å². The summed E-state index contributed by atoms with van der Waals surface area (Å²) in [6, 6.07) is 9.02. The van der Waals surface area contributed by atoms with Crippen molar-refractivity contribution in [3.8, 4) is 0 Å². The summed E-state index contributed by atoms with van der Waals surface area (Å²) >= 11 is 1.30. The van der Waals surface area contributed by atoms with Crippen molar-refractivity contribution in [2.45, 2.75) is 83.8 Å². The molecule has 0 spiro atoms. The minimum absolute atomic E-state index is 0.0302. The monoisotopic (exact) mass is 677 g/mol. The highest BCUT2D eigenvalue weighted by molar-refractivity contribution is 7.09. The van der Waals surface area contributed by atoms with Crippen LogP contribution in [-0.2, 0) is 16.0 Å². The summed E-state index contributed by atoms with van der Waals surface area (Å²) in [6.07, 6.45) is 5.56. The average molecular weight is 678 g/mol. The van der Waals surface area contributed by atoms with Crippen LogP contribution >= 0.6 is 11.3 Å². The number of rotatable bonds is 6. The minimum atomic E-state index is -0.610. The van der Waals surface area contributed by atoms with Crippen molar-refractivity contribution in [1.29, 1.82) is 0 Å². The van der Waals surface area contributed by atoms with Gasteiger partial charge >= 0.3 is 0 Å². The Morgan fingerprint density at radius 2 is 1.79 bits per heavy atom. The first-order valence-corrected chi connectivity index (χ1v) is 17.8. The Hall–Kier alpha value is -4.10. The van der Waals surface area contributed by atoms with Crippen molar-refractivity contribution in [3.63, 3.8) is 0 Å². The van der Waals surface area contributed by atoms with E-state index in [0.29, 0.717) is 42.7 Å². The van der Waals surface area contributed by atoms with Gasteiger partial charge in [0.2, 0.25) is 17.7 Å². The number of likely N-dealkylation sites (N-methyl/N-ethyl adjacent to an activating group) is 1. The molecule has 0 radical (unpaired) electrons. The summed E-state index contributed by atoms with van der Waals surface area (Å²) < 4.78 is 6.02. The van der Waals surface area contributed by atoms with E-state index in [1.807, 2.05) is 51.2 Å². The standard InChI is InChI=1S/C35H47N7O5S/c1-22(2)30-35-38-27(21-48-35)32(45)36-16-18-42(29(44)20-41(4)25-13-8-9-14-25)17-10-15-28(43)37-26(19-24-11-6-5-7-12-24)34-40-31(23(3)47-34)33(46)39-30/h5-7,11-12,21-22,25-26,30H,8-10,13-20H2,1-4H3,(H,36,45)(H,37,43)(H,39,46)/t26-,30-/m0/s1. The van der Waals surface area contributed by atoms with Crippen LogP contribution in [-0.4, -0.2) is 82.7 Å². The molecular weight excluding hydrogens is 630 g/mol. The van der Waals surface area contributed by atoms with E-state index in [1.54, 1.807) is 17.2 Å². The second-order valence-corrected chi connectivity index (χ2v) is 14.0. The van der Waals surface area contributed by atoms with Crippen molar-refractivity contribution in [3.05, 3.63) is 69.3 Å². The van der Waals surface area contributed by atoms with Crippen LogP contribution < -0.4 is 16.0 Å². The van der Waals surface area contributed by atoms with Gasteiger partial charge in [0, 0.05) is 43.9 Å². The molecule has 0 saturated heterocycles. The van der Waals surface area contributed by atoms with E-state index < -0.39 is 18.0 Å².